The maximum atomic E-state index is 12.4. The van der Waals surface area contributed by atoms with E-state index in [0.29, 0.717) is 32.4 Å². The number of terminal acetylenes is 1. The van der Waals surface area contributed by atoms with Crippen molar-refractivity contribution in [1.82, 2.24) is 4.90 Å². The number of hydrogen-bond acceptors (Lipinski definition) is 4. The molecule has 1 aliphatic carbocycles. The maximum absolute atomic E-state index is 12.4. The number of ether oxygens (including phenoxy) is 1. The van der Waals surface area contributed by atoms with E-state index in [1.807, 2.05) is 4.90 Å². The third-order valence-electron chi connectivity index (χ3n) is 4.54. The molecule has 0 aromatic heterocycles. The van der Waals surface area contributed by atoms with Gasteiger partial charge in [0.2, 0.25) is 5.91 Å². The van der Waals surface area contributed by atoms with Crippen molar-refractivity contribution < 1.29 is 9.53 Å². The number of carbonyl (C=O) groups is 1. The van der Waals surface area contributed by atoms with Crippen LogP contribution in [0.1, 0.15) is 38.5 Å². The van der Waals surface area contributed by atoms with Gasteiger partial charge in [-0.25, -0.2) is 0 Å². The lowest BCUT2D eigenvalue weighted by Crippen LogP contribution is -2.37. The normalized spacial score (nSPS) is 25.1. The number of hydrogen-bond donors (Lipinski definition) is 0. The van der Waals surface area contributed by atoms with Crippen LogP contribution < -0.4 is 0 Å². The van der Waals surface area contributed by atoms with Gasteiger partial charge in [-0.3, -0.25) is 4.79 Å². The lowest BCUT2D eigenvalue weighted by atomic mass is 10.0. The van der Waals surface area contributed by atoms with Gasteiger partial charge in [0, 0.05) is 44.2 Å². The standard InChI is InChI=1S/C15H21N3O2/c1-2-3-5-15(16-17-15)6-4-13(19)18-9-10-20-12-14(11-18)7-8-14/h1H,3-12H2. The highest BCUT2D eigenvalue weighted by atomic mass is 16.5. The summed E-state index contributed by atoms with van der Waals surface area (Å²) in [6.07, 6.45) is 10.3. The predicted molar refractivity (Wildman–Crippen MR) is 74.0 cm³/mol. The first-order chi connectivity index (χ1) is 9.67. The number of amides is 1. The molecule has 1 amide bonds. The fourth-order valence-corrected chi connectivity index (χ4v) is 2.82. The molecule has 0 aromatic rings. The summed E-state index contributed by atoms with van der Waals surface area (Å²) in [4.78, 5) is 14.3. The first-order valence-electron chi connectivity index (χ1n) is 7.40. The molecule has 2 aliphatic heterocycles. The fraction of sp³-hybridized carbons (Fsp3) is 0.800. The Hall–Kier alpha value is -1.41. The summed E-state index contributed by atoms with van der Waals surface area (Å²) in [5.74, 6) is 2.82. The molecule has 0 aromatic carbocycles. The maximum Gasteiger partial charge on any atom is 0.222 e. The molecule has 2 heterocycles. The van der Waals surface area contributed by atoms with E-state index < -0.39 is 0 Å². The van der Waals surface area contributed by atoms with Gasteiger partial charge in [0.25, 0.3) is 0 Å². The minimum atomic E-state index is -0.346. The van der Waals surface area contributed by atoms with Crippen molar-refractivity contribution in [1.29, 1.82) is 0 Å². The molecule has 5 nitrogen and oxygen atoms in total. The SMILES string of the molecule is C#CCCC1(CCC(=O)N2CCOCC3(CC3)C2)N=N1. The third-order valence-corrected chi connectivity index (χ3v) is 4.54. The minimum Gasteiger partial charge on any atom is -0.379 e. The van der Waals surface area contributed by atoms with Crippen LogP contribution in [0.5, 0.6) is 0 Å². The van der Waals surface area contributed by atoms with Crippen molar-refractivity contribution >= 4 is 5.91 Å². The summed E-state index contributed by atoms with van der Waals surface area (Å²) >= 11 is 0. The van der Waals surface area contributed by atoms with Crippen LogP contribution in [0.4, 0.5) is 0 Å². The van der Waals surface area contributed by atoms with Crippen molar-refractivity contribution in [3.05, 3.63) is 0 Å². The van der Waals surface area contributed by atoms with Crippen molar-refractivity contribution in [3.63, 3.8) is 0 Å². The summed E-state index contributed by atoms with van der Waals surface area (Å²) < 4.78 is 5.61. The van der Waals surface area contributed by atoms with Gasteiger partial charge < -0.3 is 9.64 Å². The van der Waals surface area contributed by atoms with Gasteiger partial charge >= 0.3 is 0 Å². The molecular formula is C15H21N3O2. The molecule has 1 spiro atoms. The third kappa shape index (κ3) is 3.01. The average molecular weight is 275 g/mol. The zero-order valence-electron chi connectivity index (χ0n) is 11.8. The molecule has 0 atom stereocenters. The first kappa shape index (κ1) is 13.6. The van der Waals surface area contributed by atoms with Gasteiger partial charge in [0.15, 0.2) is 5.66 Å². The van der Waals surface area contributed by atoms with E-state index in [2.05, 4.69) is 16.1 Å². The predicted octanol–water partition coefficient (Wildman–Crippen LogP) is 1.98. The van der Waals surface area contributed by atoms with E-state index in [0.717, 1.165) is 19.6 Å². The summed E-state index contributed by atoms with van der Waals surface area (Å²) in [6.45, 7) is 3.04. The second-order valence-electron chi connectivity index (χ2n) is 6.25. The lowest BCUT2D eigenvalue weighted by molar-refractivity contribution is -0.132. The van der Waals surface area contributed by atoms with Crippen LogP contribution in [-0.2, 0) is 9.53 Å². The summed E-state index contributed by atoms with van der Waals surface area (Å²) in [5.41, 5.74) is -0.0801. The van der Waals surface area contributed by atoms with Crippen molar-refractivity contribution in [3.8, 4) is 12.3 Å². The molecule has 3 aliphatic rings. The van der Waals surface area contributed by atoms with Crippen LogP contribution in [0.15, 0.2) is 10.2 Å². The van der Waals surface area contributed by atoms with Gasteiger partial charge in [0.1, 0.15) is 0 Å². The molecular weight excluding hydrogens is 254 g/mol. The van der Waals surface area contributed by atoms with E-state index in [-0.39, 0.29) is 17.0 Å². The van der Waals surface area contributed by atoms with Crippen LogP contribution in [-0.4, -0.2) is 42.8 Å². The van der Waals surface area contributed by atoms with E-state index in [1.165, 1.54) is 12.8 Å². The molecule has 3 rings (SSSR count). The van der Waals surface area contributed by atoms with Crippen LogP contribution >= 0.6 is 0 Å². The van der Waals surface area contributed by atoms with Crippen LogP contribution in [0.2, 0.25) is 0 Å². The van der Waals surface area contributed by atoms with Crippen LogP contribution in [0.25, 0.3) is 0 Å². The Kier molecular flexibility index (Phi) is 3.51. The van der Waals surface area contributed by atoms with Gasteiger partial charge in [-0.1, -0.05) is 0 Å². The number of carbonyl (C=O) groups excluding carboxylic acids is 1. The fourth-order valence-electron chi connectivity index (χ4n) is 2.82. The summed E-state index contributed by atoms with van der Waals surface area (Å²) in [6, 6.07) is 0. The summed E-state index contributed by atoms with van der Waals surface area (Å²) in [7, 11) is 0. The topological polar surface area (TPSA) is 54.3 Å². The highest BCUT2D eigenvalue weighted by Crippen LogP contribution is 2.47. The Morgan fingerprint density at radius 2 is 2.15 bits per heavy atom. The quantitative estimate of drug-likeness (QED) is 0.720. The number of rotatable bonds is 5. The first-order valence-corrected chi connectivity index (χ1v) is 7.40. The molecule has 1 saturated heterocycles. The van der Waals surface area contributed by atoms with E-state index in [1.54, 1.807) is 0 Å². The summed E-state index contributed by atoms with van der Waals surface area (Å²) in [5, 5.41) is 8.16. The smallest absolute Gasteiger partial charge is 0.222 e. The molecule has 2 fully saturated rings. The van der Waals surface area contributed by atoms with Gasteiger partial charge in [-0.2, -0.15) is 10.2 Å². The zero-order valence-corrected chi connectivity index (χ0v) is 11.8. The Balaban J connectivity index is 1.48. The second kappa shape index (κ2) is 5.17. The Labute approximate surface area is 119 Å². The van der Waals surface area contributed by atoms with Crippen LogP contribution in [0, 0.1) is 17.8 Å². The van der Waals surface area contributed by atoms with Gasteiger partial charge in [0.05, 0.1) is 13.2 Å². The molecule has 0 radical (unpaired) electrons. The lowest BCUT2D eigenvalue weighted by Gasteiger charge is -2.23. The van der Waals surface area contributed by atoms with Crippen molar-refractivity contribution in [2.75, 3.05) is 26.3 Å². The molecule has 0 N–H and O–H groups in total. The molecule has 0 bridgehead atoms. The largest absolute Gasteiger partial charge is 0.379 e. The van der Waals surface area contributed by atoms with Crippen molar-refractivity contribution in [2.24, 2.45) is 15.6 Å². The highest BCUT2D eigenvalue weighted by molar-refractivity contribution is 5.76. The van der Waals surface area contributed by atoms with Crippen molar-refractivity contribution in [2.45, 2.75) is 44.2 Å². The van der Waals surface area contributed by atoms with E-state index in [9.17, 15) is 4.79 Å². The Morgan fingerprint density at radius 1 is 1.35 bits per heavy atom. The van der Waals surface area contributed by atoms with Crippen LogP contribution in [0.3, 0.4) is 0 Å². The minimum absolute atomic E-state index is 0.208. The average Bonchev–Trinajstić information content (AvgIpc) is 3.35. The second-order valence-corrected chi connectivity index (χ2v) is 6.25. The molecule has 0 unspecified atom stereocenters. The molecule has 20 heavy (non-hydrogen) atoms. The zero-order chi connectivity index (χ0) is 14.1. The molecule has 1 saturated carbocycles. The van der Waals surface area contributed by atoms with E-state index in [4.69, 9.17) is 11.2 Å². The van der Waals surface area contributed by atoms with E-state index >= 15 is 0 Å². The Bertz CT molecular complexity index is 456. The molecule has 5 heteroatoms. The Morgan fingerprint density at radius 3 is 2.80 bits per heavy atom. The van der Waals surface area contributed by atoms with Gasteiger partial charge in [-0.05, 0) is 12.8 Å². The highest BCUT2D eigenvalue weighted by Gasteiger charge is 2.46. The van der Waals surface area contributed by atoms with Gasteiger partial charge in [-0.15, -0.1) is 12.3 Å². The monoisotopic (exact) mass is 275 g/mol. The number of nitrogens with zero attached hydrogens (tertiary/aromatic N) is 3. The molecule has 108 valence electrons.